The van der Waals surface area contributed by atoms with E-state index in [0.29, 0.717) is 0 Å². The van der Waals surface area contributed by atoms with Gasteiger partial charge in [0.15, 0.2) is 0 Å². The van der Waals surface area contributed by atoms with Gasteiger partial charge in [-0.3, -0.25) is 0 Å². The lowest BCUT2D eigenvalue weighted by Crippen LogP contribution is -2.27. The van der Waals surface area contributed by atoms with E-state index >= 15 is 0 Å². The van der Waals surface area contributed by atoms with E-state index in [2.05, 4.69) is 48.5 Å². The molecule has 0 bridgehead atoms. The van der Waals surface area contributed by atoms with Gasteiger partial charge in [-0.05, 0) is 31.2 Å². The Morgan fingerprint density at radius 2 is 2.13 bits per heavy atom. The van der Waals surface area contributed by atoms with Crippen LogP contribution in [0.2, 0.25) is 0 Å². The molecule has 0 aliphatic carbocycles. The van der Waals surface area contributed by atoms with Gasteiger partial charge in [-0.1, -0.05) is 25.5 Å². The molecular weight excluding hydrogens is 184 g/mol. The minimum atomic E-state index is 1.02. The zero-order valence-electron chi connectivity index (χ0n) is 10.1. The third kappa shape index (κ3) is 3.92. The van der Waals surface area contributed by atoms with Crippen LogP contribution in [0, 0.1) is 0 Å². The van der Waals surface area contributed by atoms with Gasteiger partial charge in [-0.25, -0.2) is 0 Å². The lowest BCUT2D eigenvalue weighted by molar-refractivity contribution is 0.767. The fourth-order valence-electron chi connectivity index (χ4n) is 1.65. The third-order valence-electron chi connectivity index (χ3n) is 2.59. The van der Waals surface area contributed by atoms with Gasteiger partial charge in [0.2, 0.25) is 0 Å². The average Bonchev–Trinajstić information content (AvgIpc) is 2.27. The van der Waals surface area contributed by atoms with E-state index in [1.165, 1.54) is 24.1 Å². The van der Waals surface area contributed by atoms with Crippen LogP contribution in [-0.4, -0.2) is 27.2 Å². The van der Waals surface area contributed by atoms with E-state index in [4.69, 9.17) is 0 Å². The van der Waals surface area contributed by atoms with Crippen molar-refractivity contribution in [2.24, 2.45) is 0 Å². The predicted molar refractivity (Wildman–Crippen MR) is 67.6 cm³/mol. The Morgan fingerprint density at radius 3 is 2.80 bits per heavy atom. The quantitative estimate of drug-likeness (QED) is 0.768. The van der Waals surface area contributed by atoms with Gasteiger partial charge in [0.1, 0.15) is 0 Å². The van der Waals surface area contributed by atoms with Crippen molar-refractivity contribution in [2.45, 2.75) is 19.8 Å². The molecule has 0 spiro atoms. The van der Waals surface area contributed by atoms with Crippen LogP contribution in [0.15, 0.2) is 24.3 Å². The molecule has 2 heteroatoms. The van der Waals surface area contributed by atoms with Crippen molar-refractivity contribution in [1.82, 2.24) is 5.32 Å². The molecular formula is C13H22N2. The Morgan fingerprint density at radius 1 is 1.33 bits per heavy atom. The number of benzene rings is 1. The van der Waals surface area contributed by atoms with Crippen molar-refractivity contribution in [1.29, 1.82) is 0 Å². The van der Waals surface area contributed by atoms with Gasteiger partial charge in [0.25, 0.3) is 0 Å². The number of hydrogen-bond donors (Lipinski definition) is 1. The lowest BCUT2D eigenvalue weighted by Gasteiger charge is -2.19. The highest BCUT2D eigenvalue weighted by Gasteiger charge is 2.00. The average molecular weight is 206 g/mol. The molecule has 0 amide bonds. The first kappa shape index (κ1) is 12.1. The second-order valence-electron chi connectivity index (χ2n) is 3.95. The summed E-state index contributed by atoms with van der Waals surface area (Å²) < 4.78 is 0. The number of anilines is 1. The summed E-state index contributed by atoms with van der Waals surface area (Å²) in [6.45, 7) is 4.29. The predicted octanol–water partition coefficient (Wildman–Crippen LogP) is 2.29. The number of likely N-dealkylation sites (N-methyl/N-ethyl adjacent to an activating group) is 2. The Balaban J connectivity index is 2.62. The fraction of sp³-hybridized carbons (Fsp3) is 0.538. The van der Waals surface area contributed by atoms with Crippen molar-refractivity contribution in [3.05, 3.63) is 29.8 Å². The SMILES string of the molecule is CCCc1cccc(N(C)CCNC)c1. The molecule has 1 aromatic rings. The minimum absolute atomic E-state index is 1.02. The first-order valence-electron chi connectivity index (χ1n) is 5.72. The smallest absolute Gasteiger partial charge is 0.0366 e. The molecule has 0 unspecified atom stereocenters. The van der Waals surface area contributed by atoms with E-state index in [1.54, 1.807) is 0 Å². The Bertz CT molecular complexity index is 284. The van der Waals surface area contributed by atoms with E-state index in [-0.39, 0.29) is 0 Å². The zero-order valence-corrected chi connectivity index (χ0v) is 10.1. The lowest BCUT2D eigenvalue weighted by atomic mass is 10.1. The zero-order chi connectivity index (χ0) is 11.1. The second-order valence-corrected chi connectivity index (χ2v) is 3.95. The molecule has 1 rings (SSSR count). The molecule has 1 aromatic carbocycles. The molecule has 0 atom stereocenters. The maximum absolute atomic E-state index is 3.17. The third-order valence-corrected chi connectivity index (χ3v) is 2.59. The fourth-order valence-corrected chi connectivity index (χ4v) is 1.65. The molecule has 0 saturated carbocycles. The maximum atomic E-state index is 3.17. The molecule has 0 aliphatic heterocycles. The van der Waals surface area contributed by atoms with E-state index in [0.717, 1.165) is 13.1 Å². The maximum Gasteiger partial charge on any atom is 0.0366 e. The van der Waals surface area contributed by atoms with Gasteiger partial charge in [0.05, 0.1) is 0 Å². The Kier molecular flexibility index (Phi) is 5.19. The Hall–Kier alpha value is -1.02. The minimum Gasteiger partial charge on any atom is -0.373 e. The van der Waals surface area contributed by atoms with Crippen LogP contribution in [0.4, 0.5) is 5.69 Å². The Labute approximate surface area is 93.3 Å². The summed E-state index contributed by atoms with van der Waals surface area (Å²) in [6, 6.07) is 8.82. The number of nitrogens with zero attached hydrogens (tertiary/aromatic N) is 1. The highest BCUT2D eigenvalue weighted by atomic mass is 15.1. The molecule has 0 heterocycles. The van der Waals surface area contributed by atoms with Gasteiger partial charge in [0, 0.05) is 25.8 Å². The summed E-state index contributed by atoms with van der Waals surface area (Å²) in [6.07, 6.45) is 2.39. The van der Waals surface area contributed by atoms with Crippen molar-refractivity contribution < 1.29 is 0 Å². The van der Waals surface area contributed by atoms with Gasteiger partial charge < -0.3 is 10.2 Å². The summed E-state index contributed by atoms with van der Waals surface area (Å²) >= 11 is 0. The topological polar surface area (TPSA) is 15.3 Å². The second kappa shape index (κ2) is 6.46. The van der Waals surface area contributed by atoms with Crippen LogP contribution in [0.5, 0.6) is 0 Å². The number of rotatable bonds is 6. The molecule has 0 aliphatic rings. The van der Waals surface area contributed by atoms with Crippen LogP contribution in [0.25, 0.3) is 0 Å². The van der Waals surface area contributed by atoms with Crippen LogP contribution < -0.4 is 10.2 Å². The van der Waals surface area contributed by atoms with Crippen LogP contribution in [-0.2, 0) is 6.42 Å². The van der Waals surface area contributed by atoms with Gasteiger partial charge in [-0.2, -0.15) is 0 Å². The number of hydrogen-bond acceptors (Lipinski definition) is 2. The molecule has 0 radical (unpaired) electrons. The number of aryl methyl sites for hydroxylation is 1. The highest BCUT2D eigenvalue weighted by molar-refractivity contribution is 5.47. The molecule has 0 saturated heterocycles. The monoisotopic (exact) mass is 206 g/mol. The number of nitrogens with one attached hydrogen (secondary N) is 1. The summed E-state index contributed by atoms with van der Waals surface area (Å²) in [5.74, 6) is 0. The van der Waals surface area contributed by atoms with Gasteiger partial charge >= 0.3 is 0 Å². The molecule has 84 valence electrons. The first-order valence-corrected chi connectivity index (χ1v) is 5.72. The van der Waals surface area contributed by atoms with E-state index in [9.17, 15) is 0 Å². The molecule has 15 heavy (non-hydrogen) atoms. The van der Waals surface area contributed by atoms with E-state index < -0.39 is 0 Å². The normalized spacial score (nSPS) is 10.3. The van der Waals surface area contributed by atoms with Gasteiger partial charge in [-0.15, -0.1) is 0 Å². The summed E-state index contributed by atoms with van der Waals surface area (Å²) in [5, 5.41) is 3.17. The van der Waals surface area contributed by atoms with Crippen molar-refractivity contribution in [2.75, 3.05) is 32.1 Å². The summed E-state index contributed by atoms with van der Waals surface area (Å²) in [7, 11) is 4.13. The first-order chi connectivity index (χ1) is 7.27. The van der Waals surface area contributed by atoms with Crippen LogP contribution in [0.1, 0.15) is 18.9 Å². The van der Waals surface area contributed by atoms with Crippen molar-refractivity contribution >= 4 is 5.69 Å². The van der Waals surface area contributed by atoms with Crippen molar-refractivity contribution in [3.8, 4) is 0 Å². The molecule has 1 N–H and O–H groups in total. The van der Waals surface area contributed by atoms with Crippen LogP contribution in [0.3, 0.4) is 0 Å². The van der Waals surface area contributed by atoms with Crippen molar-refractivity contribution in [3.63, 3.8) is 0 Å². The standard InChI is InChI=1S/C13H22N2/c1-4-6-12-7-5-8-13(11-12)15(3)10-9-14-2/h5,7-8,11,14H,4,6,9-10H2,1-3H3. The largest absolute Gasteiger partial charge is 0.373 e. The van der Waals surface area contributed by atoms with E-state index in [1.807, 2.05) is 7.05 Å². The molecule has 2 nitrogen and oxygen atoms in total. The highest BCUT2D eigenvalue weighted by Crippen LogP contribution is 2.15. The molecule has 0 aromatic heterocycles. The molecule has 0 fully saturated rings. The summed E-state index contributed by atoms with van der Waals surface area (Å²) in [5.41, 5.74) is 2.75. The summed E-state index contributed by atoms with van der Waals surface area (Å²) in [4.78, 5) is 2.29. The van der Waals surface area contributed by atoms with Crippen LogP contribution >= 0.6 is 0 Å².